The molecule has 0 saturated heterocycles. The van der Waals surface area contributed by atoms with Gasteiger partial charge in [0.25, 0.3) is 0 Å². The molecule has 0 N–H and O–H groups in total. The van der Waals surface area contributed by atoms with E-state index in [0.717, 1.165) is 33.2 Å². The third-order valence-electron chi connectivity index (χ3n) is 4.89. The molecule has 0 aliphatic rings. The van der Waals surface area contributed by atoms with Crippen molar-refractivity contribution in [3.05, 3.63) is 53.1 Å². The molecule has 6 heteroatoms. The summed E-state index contributed by atoms with van der Waals surface area (Å²) in [6, 6.07) is 12.1. The van der Waals surface area contributed by atoms with Crippen LogP contribution in [0.25, 0.3) is 10.2 Å². The zero-order valence-electron chi connectivity index (χ0n) is 17.9. The van der Waals surface area contributed by atoms with E-state index in [-0.39, 0.29) is 5.91 Å². The zero-order valence-corrected chi connectivity index (χ0v) is 18.7. The second-order valence-electron chi connectivity index (χ2n) is 7.50. The average Bonchev–Trinajstić information content (AvgIpc) is 3.08. The Bertz CT molecular complexity index is 997. The van der Waals surface area contributed by atoms with Gasteiger partial charge in [0, 0.05) is 13.1 Å². The van der Waals surface area contributed by atoms with E-state index >= 15 is 0 Å². The molecule has 0 saturated carbocycles. The first-order valence-corrected chi connectivity index (χ1v) is 10.7. The predicted octanol–water partition coefficient (Wildman–Crippen LogP) is 4.45. The van der Waals surface area contributed by atoms with Gasteiger partial charge in [-0.1, -0.05) is 29.5 Å². The van der Waals surface area contributed by atoms with Crippen molar-refractivity contribution < 1.29 is 9.53 Å². The summed E-state index contributed by atoms with van der Waals surface area (Å²) in [5.41, 5.74) is 4.37. The van der Waals surface area contributed by atoms with E-state index in [4.69, 9.17) is 9.72 Å². The predicted molar refractivity (Wildman–Crippen MR) is 121 cm³/mol. The summed E-state index contributed by atoms with van der Waals surface area (Å²) < 4.78 is 6.63. The topological polar surface area (TPSA) is 45.7 Å². The Morgan fingerprint density at radius 1 is 1.07 bits per heavy atom. The second kappa shape index (κ2) is 9.37. The van der Waals surface area contributed by atoms with Crippen molar-refractivity contribution in [2.24, 2.45) is 0 Å². The van der Waals surface area contributed by atoms with Crippen molar-refractivity contribution >= 4 is 32.6 Å². The summed E-state index contributed by atoms with van der Waals surface area (Å²) in [5, 5.41) is 0.740. The van der Waals surface area contributed by atoms with Crippen LogP contribution in [0, 0.1) is 13.8 Å². The minimum absolute atomic E-state index is 0.0687. The summed E-state index contributed by atoms with van der Waals surface area (Å²) in [7, 11) is 4.03. The number of amides is 1. The molecule has 0 bridgehead atoms. The maximum absolute atomic E-state index is 13.2. The van der Waals surface area contributed by atoms with E-state index in [2.05, 4.69) is 30.9 Å². The molecule has 5 nitrogen and oxygen atoms in total. The highest BCUT2D eigenvalue weighted by Crippen LogP contribution is 2.32. The number of ether oxygens (including phenoxy) is 1. The van der Waals surface area contributed by atoms with E-state index in [9.17, 15) is 4.79 Å². The number of hydrogen-bond acceptors (Lipinski definition) is 5. The van der Waals surface area contributed by atoms with E-state index in [1.165, 1.54) is 22.5 Å². The number of rotatable bonds is 8. The van der Waals surface area contributed by atoms with Gasteiger partial charge >= 0.3 is 0 Å². The Morgan fingerprint density at radius 3 is 2.55 bits per heavy atom. The first-order valence-electron chi connectivity index (χ1n) is 9.92. The summed E-state index contributed by atoms with van der Waals surface area (Å²) in [6.45, 7) is 8.14. The zero-order chi connectivity index (χ0) is 21.0. The van der Waals surface area contributed by atoms with Gasteiger partial charge in [0.1, 0.15) is 5.75 Å². The lowest BCUT2D eigenvalue weighted by Crippen LogP contribution is -2.37. The fourth-order valence-electron chi connectivity index (χ4n) is 3.08. The van der Waals surface area contributed by atoms with E-state index in [1.54, 1.807) is 0 Å². The number of carbonyl (C=O) groups is 1. The maximum Gasteiger partial charge on any atom is 0.233 e. The molecule has 0 aliphatic carbocycles. The Morgan fingerprint density at radius 2 is 1.86 bits per heavy atom. The van der Waals surface area contributed by atoms with Crippen LogP contribution in [-0.4, -0.2) is 49.6 Å². The third kappa shape index (κ3) is 5.34. The summed E-state index contributed by atoms with van der Waals surface area (Å²) in [4.78, 5) is 21.9. The number of nitrogens with zero attached hydrogens (tertiary/aromatic N) is 3. The number of hydrogen-bond donors (Lipinski definition) is 0. The van der Waals surface area contributed by atoms with Gasteiger partial charge in [-0.25, -0.2) is 4.98 Å². The molecule has 0 unspecified atom stereocenters. The maximum atomic E-state index is 13.2. The number of fused-ring (bicyclic) bond motifs is 1. The lowest BCUT2D eigenvalue weighted by Gasteiger charge is -2.22. The number of aryl methyl sites for hydroxylation is 2. The molecule has 0 atom stereocenters. The van der Waals surface area contributed by atoms with Crippen molar-refractivity contribution in [3.63, 3.8) is 0 Å². The summed E-state index contributed by atoms with van der Waals surface area (Å²) in [5.74, 6) is 0.899. The fourth-order valence-corrected chi connectivity index (χ4v) is 4.11. The van der Waals surface area contributed by atoms with E-state index in [0.29, 0.717) is 19.6 Å². The number of carbonyl (C=O) groups excluding carboxylic acids is 1. The highest BCUT2D eigenvalue weighted by atomic mass is 32.1. The van der Waals surface area contributed by atoms with Crippen LogP contribution in [0.15, 0.2) is 36.4 Å². The molecular weight excluding hydrogens is 382 g/mol. The van der Waals surface area contributed by atoms with Crippen LogP contribution in [-0.2, 0) is 11.2 Å². The minimum atomic E-state index is 0.0687. The van der Waals surface area contributed by atoms with E-state index < -0.39 is 0 Å². The number of aromatic nitrogens is 1. The van der Waals surface area contributed by atoms with Crippen LogP contribution in [0.5, 0.6) is 5.75 Å². The van der Waals surface area contributed by atoms with Crippen LogP contribution in [0.4, 0.5) is 5.13 Å². The van der Waals surface area contributed by atoms with Gasteiger partial charge in [0.05, 0.1) is 23.2 Å². The van der Waals surface area contributed by atoms with Gasteiger partial charge in [0.15, 0.2) is 5.13 Å². The standard InChI is InChI=1S/C23H29N3O2S/c1-6-28-19-9-10-20-21(15-19)29-23(24-20)26(12-11-25(4)5)22(27)14-18-8-7-16(2)17(3)13-18/h7-10,13,15H,6,11-12,14H2,1-5H3. The lowest BCUT2D eigenvalue weighted by atomic mass is 10.0. The van der Waals surface area contributed by atoms with Gasteiger partial charge in [0.2, 0.25) is 5.91 Å². The Hall–Kier alpha value is -2.44. The van der Waals surface area contributed by atoms with Crippen molar-refractivity contribution in [1.29, 1.82) is 0 Å². The van der Waals surface area contributed by atoms with Gasteiger partial charge in [-0.3, -0.25) is 9.69 Å². The van der Waals surface area contributed by atoms with Gasteiger partial charge in [-0.15, -0.1) is 0 Å². The first-order chi connectivity index (χ1) is 13.9. The number of anilines is 1. The molecular formula is C23H29N3O2S. The number of thiazole rings is 1. The molecule has 1 aromatic heterocycles. The molecule has 3 rings (SSSR count). The molecule has 29 heavy (non-hydrogen) atoms. The second-order valence-corrected chi connectivity index (χ2v) is 8.51. The normalized spacial score (nSPS) is 11.2. The number of benzene rings is 2. The first kappa shape index (κ1) is 21.3. The van der Waals surface area contributed by atoms with Gasteiger partial charge < -0.3 is 9.64 Å². The summed E-state index contributed by atoms with van der Waals surface area (Å²) >= 11 is 1.54. The minimum Gasteiger partial charge on any atom is -0.494 e. The van der Waals surface area contributed by atoms with Crippen LogP contribution < -0.4 is 9.64 Å². The SMILES string of the molecule is CCOc1ccc2nc(N(CCN(C)C)C(=O)Cc3ccc(C)c(C)c3)sc2c1. The van der Waals surface area contributed by atoms with Crippen LogP contribution in [0.2, 0.25) is 0 Å². The molecule has 1 amide bonds. The average molecular weight is 412 g/mol. The van der Waals surface area contributed by atoms with Gasteiger partial charge in [-0.2, -0.15) is 0 Å². The fraction of sp³-hybridized carbons (Fsp3) is 0.391. The smallest absolute Gasteiger partial charge is 0.233 e. The lowest BCUT2D eigenvalue weighted by molar-refractivity contribution is -0.118. The van der Waals surface area contributed by atoms with Gasteiger partial charge in [-0.05, 0) is 69.8 Å². The number of likely N-dealkylation sites (N-methyl/N-ethyl adjacent to an activating group) is 1. The van der Waals surface area contributed by atoms with Crippen molar-refractivity contribution in [2.75, 3.05) is 38.7 Å². The van der Waals surface area contributed by atoms with Crippen LogP contribution in [0.3, 0.4) is 0 Å². The van der Waals surface area contributed by atoms with Crippen LogP contribution in [0.1, 0.15) is 23.6 Å². The van der Waals surface area contributed by atoms with Crippen molar-refractivity contribution in [3.8, 4) is 5.75 Å². The Kier molecular flexibility index (Phi) is 6.87. The monoisotopic (exact) mass is 411 g/mol. The van der Waals surface area contributed by atoms with Crippen molar-refractivity contribution in [1.82, 2.24) is 9.88 Å². The van der Waals surface area contributed by atoms with Crippen LogP contribution >= 0.6 is 11.3 Å². The molecule has 3 aromatic rings. The molecule has 0 radical (unpaired) electrons. The molecule has 2 aromatic carbocycles. The summed E-state index contributed by atoms with van der Waals surface area (Å²) in [6.07, 6.45) is 0.370. The van der Waals surface area contributed by atoms with Crippen molar-refractivity contribution in [2.45, 2.75) is 27.2 Å². The molecule has 0 spiro atoms. The Balaban J connectivity index is 1.88. The van der Waals surface area contributed by atoms with E-state index in [1.807, 2.05) is 50.2 Å². The quantitative estimate of drug-likeness (QED) is 0.549. The molecule has 1 heterocycles. The highest BCUT2D eigenvalue weighted by Gasteiger charge is 2.20. The molecule has 0 aliphatic heterocycles. The third-order valence-corrected chi connectivity index (χ3v) is 5.93. The molecule has 154 valence electrons. The molecule has 0 fully saturated rings. The largest absolute Gasteiger partial charge is 0.494 e. The Labute approximate surface area is 176 Å². The highest BCUT2D eigenvalue weighted by molar-refractivity contribution is 7.22.